The Labute approximate surface area is 94.7 Å². The monoisotopic (exact) mass is 236 g/mol. The van der Waals surface area contributed by atoms with Gasteiger partial charge in [0.25, 0.3) is 0 Å². The van der Waals surface area contributed by atoms with E-state index in [4.69, 9.17) is 8.85 Å². The lowest BCUT2D eigenvalue weighted by atomic mass is 10.3. The molecule has 0 atom stereocenters. The van der Waals surface area contributed by atoms with Crippen LogP contribution in [0.25, 0.3) is 0 Å². The van der Waals surface area contributed by atoms with E-state index >= 15 is 0 Å². The second kappa shape index (κ2) is 7.62. The molecule has 0 rings (SSSR count). The summed E-state index contributed by atoms with van der Waals surface area (Å²) in [6.07, 6.45) is 0. The fraction of sp³-hybridized carbons (Fsp3) is 1.00. The van der Waals surface area contributed by atoms with E-state index in [0.29, 0.717) is 11.8 Å². The summed E-state index contributed by atoms with van der Waals surface area (Å²) < 4.78 is 11.3. The van der Waals surface area contributed by atoms with Gasteiger partial charge in [-0.3, -0.25) is 0 Å². The highest BCUT2D eigenvalue weighted by Gasteiger charge is 2.36. The summed E-state index contributed by atoms with van der Waals surface area (Å²) in [7, 11) is 1.71. The van der Waals surface area contributed by atoms with Crippen molar-refractivity contribution in [2.24, 2.45) is 11.8 Å². The van der Waals surface area contributed by atoms with Gasteiger partial charge in [-0.25, -0.2) is 0 Å². The Morgan fingerprint density at radius 1 is 0.857 bits per heavy atom. The molecule has 0 saturated carbocycles. The van der Waals surface area contributed by atoms with Crippen molar-refractivity contribution >= 4 is 19.5 Å². The van der Waals surface area contributed by atoms with Crippen LogP contribution in [-0.4, -0.2) is 33.7 Å². The van der Waals surface area contributed by atoms with Gasteiger partial charge in [-0.15, -0.1) is 0 Å². The number of hydrogen-bond acceptors (Lipinski definition) is 2. The van der Waals surface area contributed by atoms with Gasteiger partial charge in [-0.2, -0.15) is 0 Å². The van der Waals surface area contributed by atoms with E-state index in [-0.39, 0.29) is 11.0 Å². The third kappa shape index (κ3) is 5.95. The number of rotatable bonds is 6. The normalized spacial score (nSPS) is 12.0. The quantitative estimate of drug-likeness (QED) is 0.652. The summed E-state index contributed by atoms with van der Waals surface area (Å²) in [5, 5.41) is 0. The SMILES string of the molecule is CO[Si](CC(C)C)(CC(C)C)OC.[SiH4]. The van der Waals surface area contributed by atoms with Gasteiger partial charge < -0.3 is 8.85 Å². The van der Waals surface area contributed by atoms with E-state index in [1.54, 1.807) is 14.2 Å². The molecule has 14 heavy (non-hydrogen) atoms. The molecule has 0 unspecified atom stereocenters. The fourth-order valence-corrected chi connectivity index (χ4v) is 5.23. The zero-order valence-electron chi connectivity index (χ0n) is 9.89. The second-order valence-electron chi connectivity index (χ2n) is 4.51. The average molecular weight is 237 g/mol. The van der Waals surface area contributed by atoms with Crippen molar-refractivity contribution < 1.29 is 8.85 Å². The van der Waals surface area contributed by atoms with Crippen LogP contribution in [0.5, 0.6) is 0 Å². The highest BCUT2D eigenvalue weighted by molar-refractivity contribution is 6.67. The van der Waals surface area contributed by atoms with Crippen molar-refractivity contribution in [3.63, 3.8) is 0 Å². The summed E-state index contributed by atoms with van der Waals surface area (Å²) in [6.45, 7) is 8.89. The van der Waals surface area contributed by atoms with Gasteiger partial charge in [-0.05, 0) is 34.9 Å². The zero-order valence-corrected chi connectivity index (χ0v) is 10.9. The molecule has 0 saturated heterocycles. The van der Waals surface area contributed by atoms with Crippen LogP contribution in [0.3, 0.4) is 0 Å². The van der Waals surface area contributed by atoms with Crippen molar-refractivity contribution in [2.45, 2.75) is 39.8 Å². The first-order chi connectivity index (χ1) is 5.95. The third-order valence-electron chi connectivity index (χ3n) is 2.18. The van der Waals surface area contributed by atoms with Gasteiger partial charge in [0.15, 0.2) is 0 Å². The molecule has 0 aromatic rings. The van der Waals surface area contributed by atoms with Crippen LogP contribution in [-0.2, 0) is 8.85 Å². The zero-order chi connectivity index (χ0) is 10.5. The summed E-state index contributed by atoms with van der Waals surface area (Å²) in [4.78, 5) is 0. The Bertz CT molecular complexity index is 122. The van der Waals surface area contributed by atoms with Crippen molar-refractivity contribution in [1.82, 2.24) is 0 Å². The Kier molecular flexibility index (Phi) is 9.13. The van der Waals surface area contributed by atoms with E-state index in [9.17, 15) is 0 Å². The Hall–Kier alpha value is 0.354. The minimum atomic E-state index is -1.87. The molecule has 0 N–H and O–H groups in total. The molecule has 0 aromatic carbocycles. The molecule has 0 heterocycles. The molecule has 0 bridgehead atoms. The second-order valence-corrected chi connectivity index (χ2v) is 7.97. The Morgan fingerprint density at radius 3 is 1.29 bits per heavy atom. The molecule has 0 aliphatic rings. The minimum Gasteiger partial charge on any atom is -0.398 e. The largest absolute Gasteiger partial charge is 0.398 e. The van der Waals surface area contributed by atoms with Crippen molar-refractivity contribution in [3.05, 3.63) is 0 Å². The van der Waals surface area contributed by atoms with Crippen LogP contribution in [0.2, 0.25) is 12.1 Å². The van der Waals surface area contributed by atoms with Gasteiger partial charge in [0.2, 0.25) is 0 Å². The summed E-state index contributed by atoms with van der Waals surface area (Å²) in [5.41, 5.74) is 0. The van der Waals surface area contributed by atoms with Crippen LogP contribution >= 0.6 is 0 Å². The standard InChI is InChI=1S/C10H24O2Si.H4Si/c1-9(2)7-13(11-5,12-6)8-10(3)4;/h9-10H,7-8H2,1-6H3;1H4. The predicted octanol–water partition coefficient (Wildman–Crippen LogP) is 1.58. The van der Waals surface area contributed by atoms with E-state index in [1.807, 2.05) is 0 Å². The third-order valence-corrected chi connectivity index (χ3v) is 6.55. The molecule has 0 fully saturated rings. The van der Waals surface area contributed by atoms with E-state index < -0.39 is 8.56 Å². The maximum Gasteiger partial charge on any atom is 0.338 e. The van der Waals surface area contributed by atoms with E-state index in [2.05, 4.69) is 27.7 Å². The minimum absolute atomic E-state index is 0. The molecule has 0 aliphatic carbocycles. The fourth-order valence-electron chi connectivity index (χ4n) is 1.74. The van der Waals surface area contributed by atoms with Crippen molar-refractivity contribution in [1.29, 1.82) is 0 Å². The molecule has 4 heteroatoms. The van der Waals surface area contributed by atoms with Gasteiger partial charge in [0, 0.05) is 14.2 Å². The lowest BCUT2D eigenvalue weighted by Crippen LogP contribution is -2.42. The molecular formula is C10H28O2Si2. The number of hydrogen-bond donors (Lipinski definition) is 0. The Balaban J connectivity index is 0. The molecule has 0 spiro atoms. The summed E-state index contributed by atoms with van der Waals surface area (Å²) in [5.74, 6) is 1.32. The maximum absolute atomic E-state index is 5.63. The van der Waals surface area contributed by atoms with E-state index in [1.165, 1.54) is 0 Å². The van der Waals surface area contributed by atoms with Crippen molar-refractivity contribution in [3.8, 4) is 0 Å². The van der Waals surface area contributed by atoms with Crippen LogP contribution in [0.4, 0.5) is 0 Å². The smallest absolute Gasteiger partial charge is 0.338 e. The lowest BCUT2D eigenvalue weighted by molar-refractivity contribution is 0.230. The van der Waals surface area contributed by atoms with Crippen LogP contribution in [0.1, 0.15) is 27.7 Å². The molecular weight excluding hydrogens is 208 g/mol. The summed E-state index contributed by atoms with van der Waals surface area (Å²) >= 11 is 0. The molecule has 0 aliphatic heterocycles. The first kappa shape index (κ1) is 16.8. The van der Waals surface area contributed by atoms with Gasteiger partial charge in [-0.1, -0.05) is 27.7 Å². The lowest BCUT2D eigenvalue weighted by Gasteiger charge is -2.30. The first-order valence-corrected chi connectivity index (χ1v) is 7.29. The van der Waals surface area contributed by atoms with E-state index in [0.717, 1.165) is 12.1 Å². The van der Waals surface area contributed by atoms with Crippen LogP contribution < -0.4 is 0 Å². The molecule has 0 aromatic heterocycles. The van der Waals surface area contributed by atoms with Gasteiger partial charge >= 0.3 is 8.56 Å². The molecule has 0 radical (unpaired) electrons. The highest BCUT2D eigenvalue weighted by atomic mass is 28.4. The maximum atomic E-state index is 5.63. The molecule has 0 amide bonds. The van der Waals surface area contributed by atoms with Gasteiger partial charge in [0.1, 0.15) is 0 Å². The summed E-state index contributed by atoms with van der Waals surface area (Å²) in [6, 6.07) is 2.19. The van der Waals surface area contributed by atoms with Gasteiger partial charge in [0.05, 0.1) is 0 Å². The van der Waals surface area contributed by atoms with Crippen molar-refractivity contribution in [2.75, 3.05) is 14.2 Å². The highest BCUT2D eigenvalue weighted by Crippen LogP contribution is 2.26. The first-order valence-electron chi connectivity index (χ1n) is 5.06. The molecule has 2 nitrogen and oxygen atoms in total. The van der Waals surface area contributed by atoms with Crippen LogP contribution in [0.15, 0.2) is 0 Å². The topological polar surface area (TPSA) is 18.5 Å². The average Bonchev–Trinajstić information content (AvgIpc) is 2.01. The Morgan fingerprint density at radius 2 is 1.14 bits per heavy atom. The molecule has 88 valence electrons. The predicted molar refractivity (Wildman–Crippen MR) is 70.4 cm³/mol. The van der Waals surface area contributed by atoms with Crippen LogP contribution in [0, 0.1) is 11.8 Å².